The Morgan fingerprint density at radius 1 is 1.03 bits per heavy atom. The lowest BCUT2D eigenvalue weighted by molar-refractivity contribution is -0.125. The summed E-state index contributed by atoms with van der Waals surface area (Å²) in [5, 5.41) is 2.74. The van der Waals surface area contributed by atoms with Crippen molar-refractivity contribution in [2.24, 2.45) is 11.8 Å². The van der Waals surface area contributed by atoms with Gasteiger partial charge < -0.3 is 10.2 Å². The average Bonchev–Trinajstić information content (AvgIpc) is 2.79. The van der Waals surface area contributed by atoms with Crippen molar-refractivity contribution in [3.63, 3.8) is 0 Å². The van der Waals surface area contributed by atoms with Crippen LogP contribution in [0.4, 0.5) is 5.69 Å². The van der Waals surface area contributed by atoms with Gasteiger partial charge in [-0.05, 0) is 42.0 Å². The highest BCUT2D eigenvalue weighted by Crippen LogP contribution is 2.25. The molecule has 2 aromatic rings. The molecule has 0 bridgehead atoms. The Labute approximate surface area is 192 Å². The van der Waals surface area contributed by atoms with Gasteiger partial charge in [-0.15, -0.1) is 0 Å². The van der Waals surface area contributed by atoms with Crippen molar-refractivity contribution < 1.29 is 13.2 Å². The predicted molar refractivity (Wildman–Crippen MR) is 130 cm³/mol. The second kappa shape index (κ2) is 11.0. The summed E-state index contributed by atoms with van der Waals surface area (Å²) in [6.07, 6.45) is 1.70. The smallest absolute Gasteiger partial charge is 0.222 e. The lowest BCUT2D eigenvalue weighted by Gasteiger charge is -2.33. The minimum atomic E-state index is -3.43. The summed E-state index contributed by atoms with van der Waals surface area (Å²) in [6.45, 7) is 6.63. The maximum Gasteiger partial charge on any atom is 0.222 e. The monoisotopic (exact) mass is 457 g/mol. The highest BCUT2D eigenvalue weighted by molar-refractivity contribution is 7.88. The van der Waals surface area contributed by atoms with Crippen LogP contribution in [0.15, 0.2) is 54.6 Å². The third-order valence-corrected chi connectivity index (χ3v) is 7.69. The van der Waals surface area contributed by atoms with Crippen LogP contribution < -0.4 is 10.2 Å². The van der Waals surface area contributed by atoms with Crippen LogP contribution in [0.3, 0.4) is 0 Å². The third-order valence-electron chi connectivity index (χ3n) is 5.93. The molecular formula is C25H35N3O3S. The average molecular weight is 458 g/mol. The third kappa shape index (κ3) is 6.56. The predicted octanol–water partition coefficient (Wildman–Crippen LogP) is 3.64. The maximum absolute atomic E-state index is 13.1. The molecule has 32 heavy (non-hydrogen) atoms. The second-order valence-corrected chi connectivity index (χ2v) is 10.9. The number of rotatable bonds is 9. The Morgan fingerprint density at radius 2 is 1.66 bits per heavy atom. The molecule has 1 aliphatic rings. The van der Waals surface area contributed by atoms with Crippen LogP contribution >= 0.6 is 0 Å². The first-order chi connectivity index (χ1) is 15.3. The number of benzene rings is 2. The molecule has 1 N–H and O–H groups in total. The molecule has 1 heterocycles. The Kier molecular flexibility index (Phi) is 8.32. The number of carbonyl (C=O) groups is 1. The Hall–Kier alpha value is -2.38. The molecule has 0 unspecified atom stereocenters. The zero-order valence-corrected chi connectivity index (χ0v) is 20.1. The number of nitrogens with one attached hydrogen (secondary N) is 1. The summed E-state index contributed by atoms with van der Waals surface area (Å²) in [6, 6.07) is 17.5. The molecule has 6 nitrogen and oxygen atoms in total. The highest BCUT2D eigenvalue weighted by Gasteiger charge is 2.25. The first kappa shape index (κ1) is 24.3. The van der Waals surface area contributed by atoms with Crippen LogP contribution in [0.5, 0.6) is 0 Å². The van der Waals surface area contributed by atoms with Gasteiger partial charge in [0.2, 0.25) is 15.9 Å². The van der Waals surface area contributed by atoms with E-state index >= 15 is 0 Å². The fourth-order valence-corrected chi connectivity index (χ4v) is 5.85. The van der Waals surface area contributed by atoms with E-state index in [2.05, 4.69) is 22.3 Å². The summed E-state index contributed by atoms with van der Waals surface area (Å²) >= 11 is 0. The molecule has 7 heteroatoms. The molecular weight excluding hydrogens is 422 g/mol. The van der Waals surface area contributed by atoms with Gasteiger partial charge in [-0.3, -0.25) is 4.79 Å². The number of amides is 1. The summed E-state index contributed by atoms with van der Waals surface area (Å²) < 4.78 is 27.9. The van der Waals surface area contributed by atoms with Gasteiger partial charge in [0, 0.05) is 44.8 Å². The van der Waals surface area contributed by atoms with Crippen molar-refractivity contribution in [2.75, 3.05) is 31.6 Å². The molecule has 0 aliphatic carbocycles. The van der Waals surface area contributed by atoms with Gasteiger partial charge in [-0.25, -0.2) is 8.42 Å². The first-order valence-electron chi connectivity index (χ1n) is 11.4. The SMILES string of the molecule is CNC(=O)C1CCN(c2ccc(CN(CC(C)C)S(=O)(=O)Cc3ccccc3)cc2)CC1. The molecule has 2 aromatic carbocycles. The van der Waals surface area contributed by atoms with E-state index in [-0.39, 0.29) is 23.5 Å². The van der Waals surface area contributed by atoms with Gasteiger partial charge in [0.1, 0.15) is 0 Å². The van der Waals surface area contributed by atoms with Gasteiger partial charge >= 0.3 is 0 Å². The van der Waals surface area contributed by atoms with E-state index in [0.29, 0.717) is 13.1 Å². The number of anilines is 1. The molecule has 0 radical (unpaired) electrons. The lowest BCUT2D eigenvalue weighted by Crippen LogP contribution is -2.39. The van der Waals surface area contributed by atoms with E-state index in [1.54, 1.807) is 11.4 Å². The highest BCUT2D eigenvalue weighted by atomic mass is 32.2. The Bertz CT molecular complexity index is 967. The van der Waals surface area contributed by atoms with Crippen molar-refractivity contribution in [3.8, 4) is 0 Å². The van der Waals surface area contributed by atoms with Gasteiger partial charge in [-0.2, -0.15) is 4.31 Å². The van der Waals surface area contributed by atoms with Crippen LogP contribution in [0.25, 0.3) is 0 Å². The van der Waals surface area contributed by atoms with E-state index < -0.39 is 10.0 Å². The van der Waals surface area contributed by atoms with Crippen molar-refractivity contribution in [1.82, 2.24) is 9.62 Å². The first-order valence-corrected chi connectivity index (χ1v) is 13.0. The van der Waals surface area contributed by atoms with Crippen LogP contribution in [0.2, 0.25) is 0 Å². The van der Waals surface area contributed by atoms with Crippen LogP contribution in [0.1, 0.15) is 37.8 Å². The largest absolute Gasteiger partial charge is 0.371 e. The minimum Gasteiger partial charge on any atom is -0.371 e. The standard InChI is InChI=1S/C25H35N3O3S/c1-20(2)17-28(32(30,31)19-22-7-5-4-6-8-22)18-21-9-11-24(12-10-21)27-15-13-23(14-16-27)25(29)26-3/h4-12,20,23H,13-19H2,1-3H3,(H,26,29). The van der Waals surface area contributed by atoms with E-state index in [1.807, 2.05) is 56.3 Å². The van der Waals surface area contributed by atoms with Crippen molar-refractivity contribution >= 4 is 21.6 Å². The van der Waals surface area contributed by atoms with Crippen molar-refractivity contribution in [1.29, 1.82) is 0 Å². The molecule has 0 spiro atoms. The summed E-state index contributed by atoms with van der Waals surface area (Å²) in [4.78, 5) is 14.1. The van der Waals surface area contributed by atoms with Crippen LogP contribution in [-0.4, -0.2) is 45.3 Å². The lowest BCUT2D eigenvalue weighted by atomic mass is 9.95. The van der Waals surface area contributed by atoms with Crippen LogP contribution in [0, 0.1) is 11.8 Å². The molecule has 3 rings (SSSR count). The van der Waals surface area contributed by atoms with E-state index in [0.717, 1.165) is 42.7 Å². The number of nitrogens with zero attached hydrogens (tertiary/aromatic N) is 2. The van der Waals surface area contributed by atoms with E-state index in [4.69, 9.17) is 0 Å². The number of piperidine rings is 1. The zero-order valence-electron chi connectivity index (χ0n) is 19.3. The summed E-state index contributed by atoms with van der Waals surface area (Å²) in [5.74, 6) is 0.470. The van der Waals surface area contributed by atoms with Gasteiger partial charge in [0.25, 0.3) is 0 Å². The zero-order chi connectivity index (χ0) is 23.1. The fourth-order valence-electron chi connectivity index (χ4n) is 4.18. The number of hydrogen-bond acceptors (Lipinski definition) is 4. The molecule has 1 amide bonds. The Morgan fingerprint density at radius 3 is 2.22 bits per heavy atom. The molecule has 0 aromatic heterocycles. The minimum absolute atomic E-state index is 0.0128. The molecule has 0 saturated carbocycles. The number of carbonyl (C=O) groups excluding carboxylic acids is 1. The van der Waals surface area contributed by atoms with Gasteiger partial charge in [0.05, 0.1) is 5.75 Å². The maximum atomic E-state index is 13.1. The summed E-state index contributed by atoms with van der Waals surface area (Å²) in [7, 11) is -1.74. The Balaban J connectivity index is 1.66. The number of hydrogen-bond donors (Lipinski definition) is 1. The normalized spacial score (nSPS) is 15.3. The van der Waals surface area contributed by atoms with Gasteiger partial charge in [-0.1, -0.05) is 56.3 Å². The van der Waals surface area contributed by atoms with Gasteiger partial charge in [0.15, 0.2) is 0 Å². The van der Waals surface area contributed by atoms with E-state index in [1.165, 1.54) is 0 Å². The number of sulfonamides is 1. The van der Waals surface area contributed by atoms with Crippen molar-refractivity contribution in [3.05, 3.63) is 65.7 Å². The molecule has 1 aliphatic heterocycles. The molecule has 0 atom stereocenters. The second-order valence-electron chi connectivity index (χ2n) is 8.97. The molecule has 174 valence electrons. The van der Waals surface area contributed by atoms with Crippen LogP contribution in [-0.2, 0) is 27.1 Å². The summed E-state index contributed by atoms with van der Waals surface area (Å²) in [5.41, 5.74) is 2.90. The van der Waals surface area contributed by atoms with E-state index in [9.17, 15) is 13.2 Å². The molecule has 1 saturated heterocycles. The quantitative estimate of drug-likeness (QED) is 0.624. The topological polar surface area (TPSA) is 69.7 Å². The fraction of sp³-hybridized carbons (Fsp3) is 0.480. The van der Waals surface area contributed by atoms with Crippen molar-refractivity contribution in [2.45, 2.75) is 39.0 Å². The molecule has 1 fully saturated rings.